The zero-order valence-corrected chi connectivity index (χ0v) is 13.5. The number of hydrogen-bond donors (Lipinski definition) is 2. The highest BCUT2D eigenvalue weighted by atomic mass is 79.9. The van der Waals surface area contributed by atoms with Gasteiger partial charge in [0.1, 0.15) is 4.99 Å². The number of hydrogen-bond acceptors (Lipinski definition) is 2. The van der Waals surface area contributed by atoms with Gasteiger partial charge in [0, 0.05) is 22.3 Å². The van der Waals surface area contributed by atoms with Crippen LogP contribution >= 0.6 is 28.1 Å². The highest BCUT2D eigenvalue weighted by molar-refractivity contribution is 9.10. The molecule has 0 aliphatic heterocycles. The average molecular weight is 349 g/mol. The molecule has 20 heavy (non-hydrogen) atoms. The van der Waals surface area contributed by atoms with Gasteiger partial charge in [0.2, 0.25) is 0 Å². The fourth-order valence-corrected chi connectivity index (χ4v) is 2.58. The molecule has 2 aromatic rings. The van der Waals surface area contributed by atoms with Crippen molar-refractivity contribution in [3.8, 4) is 0 Å². The zero-order valence-electron chi connectivity index (χ0n) is 11.1. The van der Waals surface area contributed by atoms with E-state index in [1.165, 1.54) is 5.56 Å². The Morgan fingerprint density at radius 3 is 2.60 bits per heavy atom. The normalized spacial score (nSPS) is 10.2. The molecule has 0 radical (unpaired) electrons. The highest BCUT2D eigenvalue weighted by Gasteiger charge is 2.05. The summed E-state index contributed by atoms with van der Waals surface area (Å²) in [5.41, 5.74) is 8.97. The van der Waals surface area contributed by atoms with Gasteiger partial charge in [0.25, 0.3) is 0 Å². The van der Waals surface area contributed by atoms with Crippen LogP contribution in [0, 0.1) is 0 Å². The minimum Gasteiger partial charge on any atom is -0.389 e. The molecular formula is C16H17BrN2S. The van der Waals surface area contributed by atoms with E-state index in [-0.39, 0.29) is 0 Å². The van der Waals surface area contributed by atoms with Crippen molar-refractivity contribution in [2.24, 2.45) is 5.73 Å². The van der Waals surface area contributed by atoms with E-state index in [4.69, 9.17) is 18.0 Å². The summed E-state index contributed by atoms with van der Waals surface area (Å²) in [6.07, 6.45) is 2.12. The summed E-state index contributed by atoms with van der Waals surface area (Å²) in [4.78, 5) is 0.419. The molecule has 0 unspecified atom stereocenters. The van der Waals surface area contributed by atoms with Crippen LogP contribution in [0.5, 0.6) is 0 Å². The molecular weight excluding hydrogens is 332 g/mol. The molecule has 0 saturated carbocycles. The third-order valence-electron chi connectivity index (χ3n) is 3.05. The summed E-state index contributed by atoms with van der Waals surface area (Å²) in [6, 6.07) is 16.4. The Morgan fingerprint density at radius 1 is 1.15 bits per heavy atom. The Balaban J connectivity index is 1.91. The molecule has 0 fully saturated rings. The van der Waals surface area contributed by atoms with Crippen LogP contribution in [0.25, 0.3) is 0 Å². The Kier molecular flexibility index (Phi) is 5.56. The molecule has 104 valence electrons. The lowest BCUT2D eigenvalue weighted by atomic mass is 10.1. The van der Waals surface area contributed by atoms with Gasteiger partial charge < -0.3 is 11.1 Å². The van der Waals surface area contributed by atoms with Crippen LogP contribution in [-0.2, 0) is 6.42 Å². The molecule has 2 nitrogen and oxygen atoms in total. The molecule has 4 heteroatoms. The maximum Gasteiger partial charge on any atom is 0.106 e. The molecule has 0 saturated heterocycles. The third kappa shape index (κ3) is 4.32. The number of benzene rings is 2. The minimum absolute atomic E-state index is 0.419. The minimum atomic E-state index is 0.419. The van der Waals surface area contributed by atoms with Crippen LogP contribution in [0.4, 0.5) is 5.69 Å². The summed E-state index contributed by atoms with van der Waals surface area (Å²) in [5.74, 6) is 0. The van der Waals surface area contributed by atoms with Crippen molar-refractivity contribution < 1.29 is 0 Å². The predicted molar refractivity (Wildman–Crippen MR) is 93.3 cm³/mol. The molecule has 0 aliphatic carbocycles. The molecule has 0 heterocycles. The van der Waals surface area contributed by atoms with E-state index < -0.39 is 0 Å². The molecule has 0 aromatic heterocycles. The number of nitrogens with two attached hydrogens (primary N) is 1. The zero-order chi connectivity index (χ0) is 14.4. The molecule has 2 aromatic carbocycles. The van der Waals surface area contributed by atoms with E-state index in [1.54, 1.807) is 0 Å². The lowest BCUT2D eigenvalue weighted by Gasteiger charge is -2.11. The highest BCUT2D eigenvalue weighted by Crippen LogP contribution is 2.21. The van der Waals surface area contributed by atoms with Gasteiger partial charge in [-0.05, 0) is 36.6 Å². The number of halogens is 1. The van der Waals surface area contributed by atoms with Crippen LogP contribution in [0.15, 0.2) is 53.0 Å². The second-order valence-corrected chi connectivity index (χ2v) is 5.93. The van der Waals surface area contributed by atoms with Crippen molar-refractivity contribution in [3.05, 3.63) is 64.1 Å². The second-order valence-electron chi connectivity index (χ2n) is 4.57. The standard InChI is InChI=1S/C16H17BrN2S/c17-13-8-9-14(16(18)20)15(11-13)19-10-4-7-12-5-2-1-3-6-12/h1-3,5-6,8-9,11,19H,4,7,10H2,(H2,18,20). The molecule has 0 spiro atoms. The fourth-order valence-electron chi connectivity index (χ4n) is 2.04. The third-order valence-corrected chi connectivity index (χ3v) is 3.76. The van der Waals surface area contributed by atoms with Crippen molar-refractivity contribution in [1.82, 2.24) is 0 Å². The van der Waals surface area contributed by atoms with Gasteiger partial charge in [-0.15, -0.1) is 0 Å². The Morgan fingerprint density at radius 2 is 1.90 bits per heavy atom. The van der Waals surface area contributed by atoms with Gasteiger partial charge in [-0.1, -0.05) is 58.5 Å². The lowest BCUT2D eigenvalue weighted by Crippen LogP contribution is -2.14. The van der Waals surface area contributed by atoms with E-state index in [2.05, 4.69) is 45.5 Å². The summed E-state index contributed by atoms with van der Waals surface area (Å²) in [5, 5.41) is 3.41. The van der Waals surface area contributed by atoms with E-state index in [1.807, 2.05) is 24.3 Å². The predicted octanol–water partition coefficient (Wildman–Crippen LogP) is 4.13. The van der Waals surface area contributed by atoms with Crippen molar-refractivity contribution in [2.45, 2.75) is 12.8 Å². The van der Waals surface area contributed by atoms with Crippen molar-refractivity contribution in [2.75, 3.05) is 11.9 Å². The monoisotopic (exact) mass is 348 g/mol. The van der Waals surface area contributed by atoms with Gasteiger partial charge in [0.05, 0.1) is 0 Å². The van der Waals surface area contributed by atoms with E-state index in [0.717, 1.165) is 35.1 Å². The second kappa shape index (κ2) is 7.41. The smallest absolute Gasteiger partial charge is 0.106 e. The number of nitrogens with one attached hydrogen (secondary N) is 1. The van der Waals surface area contributed by atoms with Crippen LogP contribution in [0.1, 0.15) is 17.5 Å². The van der Waals surface area contributed by atoms with Crippen LogP contribution in [0.3, 0.4) is 0 Å². The molecule has 0 amide bonds. The van der Waals surface area contributed by atoms with Crippen LogP contribution < -0.4 is 11.1 Å². The summed E-state index contributed by atoms with van der Waals surface area (Å²) in [7, 11) is 0. The van der Waals surface area contributed by atoms with Crippen molar-refractivity contribution in [3.63, 3.8) is 0 Å². The van der Waals surface area contributed by atoms with Gasteiger partial charge >= 0.3 is 0 Å². The van der Waals surface area contributed by atoms with Gasteiger partial charge in [0.15, 0.2) is 0 Å². The maximum absolute atomic E-state index is 5.74. The van der Waals surface area contributed by atoms with E-state index >= 15 is 0 Å². The Labute approximate surface area is 133 Å². The largest absolute Gasteiger partial charge is 0.389 e. The maximum atomic E-state index is 5.74. The van der Waals surface area contributed by atoms with Crippen LogP contribution in [0.2, 0.25) is 0 Å². The molecule has 0 aliphatic rings. The van der Waals surface area contributed by atoms with Crippen LogP contribution in [-0.4, -0.2) is 11.5 Å². The Hall–Kier alpha value is -1.39. The quantitative estimate of drug-likeness (QED) is 0.608. The average Bonchev–Trinajstić information content (AvgIpc) is 2.44. The first-order valence-electron chi connectivity index (χ1n) is 6.54. The fraction of sp³-hybridized carbons (Fsp3) is 0.188. The van der Waals surface area contributed by atoms with Crippen molar-refractivity contribution >= 4 is 38.8 Å². The first kappa shape index (κ1) is 15.0. The van der Waals surface area contributed by atoms with Crippen molar-refractivity contribution in [1.29, 1.82) is 0 Å². The van der Waals surface area contributed by atoms with Gasteiger partial charge in [-0.3, -0.25) is 0 Å². The molecule has 0 atom stereocenters. The number of rotatable bonds is 6. The SMILES string of the molecule is NC(=S)c1ccc(Br)cc1NCCCc1ccccc1. The number of aryl methyl sites for hydroxylation is 1. The lowest BCUT2D eigenvalue weighted by molar-refractivity contribution is 0.863. The number of thiocarbonyl (C=S) groups is 1. The summed E-state index contributed by atoms with van der Waals surface area (Å²) in [6.45, 7) is 0.890. The van der Waals surface area contributed by atoms with Gasteiger partial charge in [-0.25, -0.2) is 0 Å². The van der Waals surface area contributed by atoms with E-state index in [9.17, 15) is 0 Å². The topological polar surface area (TPSA) is 38.0 Å². The number of anilines is 1. The summed E-state index contributed by atoms with van der Waals surface area (Å²) >= 11 is 8.54. The van der Waals surface area contributed by atoms with Gasteiger partial charge in [-0.2, -0.15) is 0 Å². The first-order chi connectivity index (χ1) is 9.66. The molecule has 3 N–H and O–H groups in total. The molecule has 2 rings (SSSR count). The Bertz CT molecular complexity index is 584. The molecule has 0 bridgehead atoms. The first-order valence-corrected chi connectivity index (χ1v) is 7.74. The van der Waals surface area contributed by atoms with E-state index in [0.29, 0.717) is 4.99 Å². The summed E-state index contributed by atoms with van der Waals surface area (Å²) < 4.78 is 1.02.